The highest BCUT2D eigenvalue weighted by Gasteiger charge is 2.31. The second-order valence-corrected chi connectivity index (χ2v) is 8.89. The highest BCUT2D eigenvalue weighted by Crippen LogP contribution is 2.17. The van der Waals surface area contributed by atoms with Gasteiger partial charge in [0.25, 0.3) is 0 Å². The molecular formula is C17H26N2O5S. The van der Waals surface area contributed by atoms with E-state index in [0.717, 1.165) is 0 Å². The Balaban J connectivity index is 1.89. The van der Waals surface area contributed by atoms with E-state index in [1.54, 1.807) is 52.1 Å². The number of likely N-dealkylation sites (tertiary alicyclic amines) is 1. The summed E-state index contributed by atoms with van der Waals surface area (Å²) < 4.78 is 37.7. The number of nitrogens with zero attached hydrogens (tertiary/aromatic N) is 1. The zero-order valence-corrected chi connectivity index (χ0v) is 15.9. The predicted octanol–water partition coefficient (Wildman–Crippen LogP) is 2.12. The quantitative estimate of drug-likeness (QED) is 0.858. The Kier molecular flexibility index (Phi) is 5.95. The lowest BCUT2D eigenvalue weighted by Crippen LogP contribution is -2.40. The first-order valence-corrected chi connectivity index (χ1v) is 9.84. The molecule has 0 bridgehead atoms. The number of benzene rings is 1. The molecule has 25 heavy (non-hydrogen) atoms. The van der Waals surface area contributed by atoms with Crippen molar-refractivity contribution in [1.29, 1.82) is 0 Å². The van der Waals surface area contributed by atoms with E-state index < -0.39 is 21.7 Å². The topological polar surface area (TPSA) is 84.9 Å². The zero-order chi connectivity index (χ0) is 18.7. The SMILES string of the molecule is COc1ccc(CS(=O)(=O)NC2CCN(C(=O)OC(C)(C)C)C2)cc1. The van der Waals surface area contributed by atoms with Gasteiger partial charge in [0.15, 0.2) is 0 Å². The van der Waals surface area contributed by atoms with Crippen LogP contribution in [0.25, 0.3) is 0 Å². The van der Waals surface area contributed by atoms with Crippen molar-refractivity contribution in [3.05, 3.63) is 29.8 Å². The summed E-state index contributed by atoms with van der Waals surface area (Å²) in [6.07, 6.45) is 0.158. The number of ether oxygens (including phenoxy) is 2. The summed E-state index contributed by atoms with van der Waals surface area (Å²) in [6.45, 7) is 6.20. The number of rotatable bonds is 5. The highest BCUT2D eigenvalue weighted by atomic mass is 32.2. The Morgan fingerprint density at radius 3 is 2.48 bits per heavy atom. The van der Waals surface area contributed by atoms with Crippen LogP contribution in [0.3, 0.4) is 0 Å². The number of hydrogen-bond donors (Lipinski definition) is 1. The number of hydrogen-bond acceptors (Lipinski definition) is 5. The number of amides is 1. The largest absolute Gasteiger partial charge is 0.497 e. The van der Waals surface area contributed by atoms with Gasteiger partial charge in [0.1, 0.15) is 11.4 Å². The minimum Gasteiger partial charge on any atom is -0.497 e. The summed E-state index contributed by atoms with van der Waals surface area (Å²) in [4.78, 5) is 13.6. The number of carbonyl (C=O) groups excluding carboxylic acids is 1. The first-order chi connectivity index (χ1) is 11.6. The summed E-state index contributed by atoms with van der Waals surface area (Å²) in [5.74, 6) is 0.567. The van der Waals surface area contributed by atoms with Crippen molar-refractivity contribution >= 4 is 16.1 Å². The molecule has 1 aromatic rings. The molecule has 1 aliphatic heterocycles. The second-order valence-electron chi connectivity index (χ2n) is 7.14. The van der Waals surface area contributed by atoms with Crippen LogP contribution in [-0.4, -0.2) is 51.3 Å². The molecule has 140 valence electrons. The van der Waals surface area contributed by atoms with E-state index in [1.807, 2.05) is 0 Å². The molecule has 1 unspecified atom stereocenters. The van der Waals surface area contributed by atoms with E-state index >= 15 is 0 Å². The van der Waals surface area contributed by atoms with Crippen molar-refractivity contribution in [1.82, 2.24) is 9.62 Å². The third-order valence-electron chi connectivity index (χ3n) is 3.70. The molecule has 0 saturated carbocycles. The van der Waals surface area contributed by atoms with Crippen LogP contribution in [0.4, 0.5) is 4.79 Å². The minimum absolute atomic E-state index is 0.111. The molecule has 1 N–H and O–H groups in total. The Bertz CT molecular complexity index is 695. The zero-order valence-electron chi connectivity index (χ0n) is 15.1. The molecule has 8 heteroatoms. The summed E-state index contributed by atoms with van der Waals surface area (Å²) in [7, 11) is -1.93. The van der Waals surface area contributed by atoms with Gasteiger partial charge in [-0.25, -0.2) is 17.9 Å². The van der Waals surface area contributed by atoms with Crippen molar-refractivity contribution in [3.63, 3.8) is 0 Å². The first kappa shape index (κ1) is 19.5. The molecule has 2 rings (SSSR count). The van der Waals surface area contributed by atoms with Gasteiger partial charge < -0.3 is 14.4 Å². The lowest BCUT2D eigenvalue weighted by Gasteiger charge is -2.24. The van der Waals surface area contributed by atoms with E-state index in [0.29, 0.717) is 30.8 Å². The van der Waals surface area contributed by atoms with Gasteiger partial charge in [-0.05, 0) is 44.9 Å². The van der Waals surface area contributed by atoms with Crippen LogP contribution in [0, 0.1) is 0 Å². The standard InChI is InChI=1S/C17H26N2O5S/c1-17(2,3)24-16(20)19-10-9-14(11-19)18-25(21,22)12-13-5-7-15(23-4)8-6-13/h5-8,14,18H,9-12H2,1-4H3. The van der Waals surface area contributed by atoms with Crippen LogP contribution in [-0.2, 0) is 20.5 Å². The van der Waals surface area contributed by atoms with E-state index in [4.69, 9.17) is 9.47 Å². The average molecular weight is 370 g/mol. The molecule has 1 heterocycles. The van der Waals surface area contributed by atoms with Gasteiger partial charge in [-0.2, -0.15) is 0 Å². The van der Waals surface area contributed by atoms with Crippen LogP contribution in [0.2, 0.25) is 0 Å². The number of carbonyl (C=O) groups is 1. The van der Waals surface area contributed by atoms with Crippen LogP contribution < -0.4 is 9.46 Å². The van der Waals surface area contributed by atoms with Crippen LogP contribution in [0.5, 0.6) is 5.75 Å². The average Bonchev–Trinajstić information content (AvgIpc) is 2.93. The predicted molar refractivity (Wildman–Crippen MR) is 95.0 cm³/mol. The Hall–Kier alpha value is -1.80. The Morgan fingerprint density at radius 2 is 1.92 bits per heavy atom. The smallest absolute Gasteiger partial charge is 0.410 e. The maximum Gasteiger partial charge on any atom is 0.410 e. The molecule has 0 aromatic heterocycles. The van der Waals surface area contributed by atoms with E-state index in [2.05, 4.69) is 4.72 Å². The van der Waals surface area contributed by atoms with Crippen LogP contribution >= 0.6 is 0 Å². The fraction of sp³-hybridized carbons (Fsp3) is 0.588. The third kappa shape index (κ3) is 6.21. The Labute approximate surface area is 149 Å². The van der Waals surface area contributed by atoms with Gasteiger partial charge >= 0.3 is 6.09 Å². The van der Waals surface area contributed by atoms with Gasteiger partial charge in [0.05, 0.1) is 12.9 Å². The molecule has 1 saturated heterocycles. The van der Waals surface area contributed by atoms with Crippen LogP contribution in [0.15, 0.2) is 24.3 Å². The third-order valence-corrected chi connectivity index (χ3v) is 5.11. The molecule has 1 fully saturated rings. The highest BCUT2D eigenvalue weighted by molar-refractivity contribution is 7.88. The van der Waals surface area contributed by atoms with Gasteiger partial charge in [-0.1, -0.05) is 12.1 Å². The molecule has 0 radical (unpaired) electrons. The fourth-order valence-electron chi connectivity index (χ4n) is 2.59. The number of methoxy groups -OCH3 is 1. The lowest BCUT2D eigenvalue weighted by atomic mass is 10.2. The molecule has 1 aromatic carbocycles. The summed E-state index contributed by atoms with van der Waals surface area (Å²) in [5, 5.41) is 0. The molecule has 0 spiro atoms. The summed E-state index contributed by atoms with van der Waals surface area (Å²) >= 11 is 0. The molecule has 1 atom stereocenters. The maximum atomic E-state index is 12.3. The monoisotopic (exact) mass is 370 g/mol. The second kappa shape index (κ2) is 7.61. The lowest BCUT2D eigenvalue weighted by molar-refractivity contribution is 0.0292. The van der Waals surface area contributed by atoms with Gasteiger partial charge in [-0.15, -0.1) is 0 Å². The van der Waals surface area contributed by atoms with Gasteiger partial charge in [0.2, 0.25) is 10.0 Å². The van der Waals surface area contributed by atoms with E-state index in [-0.39, 0.29) is 11.8 Å². The summed E-state index contributed by atoms with van der Waals surface area (Å²) in [5.41, 5.74) is 0.110. The van der Waals surface area contributed by atoms with Crippen LogP contribution in [0.1, 0.15) is 32.8 Å². The van der Waals surface area contributed by atoms with E-state index in [9.17, 15) is 13.2 Å². The molecular weight excluding hydrogens is 344 g/mol. The molecule has 1 aliphatic rings. The normalized spacial score (nSPS) is 18.2. The number of nitrogens with one attached hydrogen (secondary N) is 1. The minimum atomic E-state index is -3.49. The van der Waals surface area contributed by atoms with Crippen molar-refractivity contribution < 1.29 is 22.7 Å². The fourth-order valence-corrected chi connectivity index (χ4v) is 4.00. The van der Waals surface area contributed by atoms with Crippen molar-refractivity contribution in [2.45, 2.75) is 44.6 Å². The van der Waals surface area contributed by atoms with E-state index in [1.165, 1.54) is 4.90 Å². The Morgan fingerprint density at radius 1 is 1.28 bits per heavy atom. The summed E-state index contributed by atoms with van der Waals surface area (Å²) in [6, 6.07) is 6.60. The molecule has 0 aliphatic carbocycles. The molecule has 7 nitrogen and oxygen atoms in total. The van der Waals surface area contributed by atoms with Gasteiger partial charge in [0, 0.05) is 19.1 Å². The maximum absolute atomic E-state index is 12.3. The number of sulfonamides is 1. The van der Waals surface area contributed by atoms with Crippen molar-refractivity contribution in [2.75, 3.05) is 20.2 Å². The van der Waals surface area contributed by atoms with Crippen molar-refractivity contribution in [3.8, 4) is 5.75 Å². The van der Waals surface area contributed by atoms with Gasteiger partial charge in [-0.3, -0.25) is 0 Å². The first-order valence-electron chi connectivity index (χ1n) is 8.19. The molecule has 1 amide bonds. The van der Waals surface area contributed by atoms with Crippen molar-refractivity contribution in [2.24, 2.45) is 0 Å².